The highest BCUT2D eigenvalue weighted by Crippen LogP contribution is 2.37. The number of carboxylic acid groups (broad SMARTS) is 4. The third kappa shape index (κ3) is 12.2. The van der Waals surface area contributed by atoms with Crippen LogP contribution in [-0.2, 0) is 44.9 Å². The number of thiophene rings is 1. The number of nitrogens with zero attached hydrogens (tertiary/aromatic N) is 5. The number of aryl methyl sites for hydroxylation is 2. The number of carbonyl (C=O) groups is 8. The average Bonchev–Trinajstić information content (AvgIpc) is 3.72. The fourth-order valence-electron chi connectivity index (χ4n) is 6.52. The Morgan fingerprint density at radius 3 is 1.82 bits per heavy atom. The Hall–Kier alpha value is -7.07. The third-order valence-electron chi connectivity index (χ3n) is 9.34. The van der Waals surface area contributed by atoms with Crippen LogP contribution in [0.25, 0.3) is 38.3 Å². The standard InChI is InChI=1S/C41H44N6O12S/c1-3-47-30-10-7-6-9-28(30)29-16-26(12-13-31(29)47)33-15-25(2)32(60-33)17-27(18-42)41(59)43-14-8-4-5-11-34(48)44(19-35(49)45(21-37(51)52)22-38(53)54)20-36(50)46(23-39(55)56)24-40(57)58/h6-7,9-10,12-13,15-17H,3-5,8,11,14,19-24H2,1-2H3,(H,43,59)(H,51,52)(H,53,54)(H,55,56)(H,57,58)/b27-17+. The van der Waals surface area contributed by atoms with Crippen LogP contribution in [0.2, 0.25) is 0 Å². The van der Waals surface area contributed by atoms with Crippen molar-refractivity contribution in [1.29, 1.82) is 5.26 Å². The molecular weight excluding hydrogens is 801 g/mol. The quantitative estimate of drug-likeness (QED) is 0.0433. The third-order valence-corrected chi connectivity index (χ3v) is 10.6. The largest absolute Gasteiger partial charge is 0.480 e. The lowest BCUT2D eigenvalue weighted by molar-refractivity contribution is -0.153. The molecular formula is C41H44N6O12S. The number of carbonyl (C=O) groups excluding carboxylic acids is 4. The van der Waals surface area contributed by atoms with E-state index in [-0.39, 0.29) is 25.0 Å². The van der Waals surface area contributed by atoms with Crippen LogP contribution >= 0.6 is 11.3 Å². The molecule has 0 aliphatic carbocycles. The van der Waals surface area contributed by atoms with E-state index in [1.54, 1.807) is 0 Å². The van der Waals surface area contributed by atoms with Gasteiger partial charge in [0, 0.05) is 51.1 Å². The van der Waals surface area contributed by atoms with Crippen LogP contribution in [0.4, 0.5) is 0 Å². The normalized spacial score (nSPS) is 11.2. The van der Waals surface area contributed by atoms with E-state index in [1.807, 2.05) is 31.2 Å². The molecule has 0 spiro atoms. The van der Waals surface area contributed by atoms with Crippen LogP contribution < -0.4 is 5.32 Å². The second-order valence-electron chi connectivity index (χ2n) is 13.7. The molecule has 0 bridgehead atoms. The SMILES string of the molecule is CCn1c2ccccc2c2cc(-c3cc(C)c(/C=C(\C#N)C(=O)NCCCCCC(=O)N(CC(=O)N(CC(=O)O)CC(=O)O)CC(=O)N(CC(=O)O)CC(=O)O)s3)ccc21. The molecule has 4 amide bonds. The molecule has 5 N–H and O–H groups in total. The number of para-hydroxylation sites is 1. The minimum absolute atomic E-state index is 0.104. The van der Waals surface area contributed by atoms with Gasteiger partial charge in [0.25, 0.3) is 5.91 Å². The zero-order valence-electron chi connectivity index (χ0n) is 32.9. The lowest BCUT2D eigenvalue weighted by Crippen LogP contribution is -2.50. The minimum Gasteiger partial charge on any atom is -0.480 e. The molecule has 4 aromatic rings. The molecule has 0 saturated carbocycles. The summed E-state index contributed by atoms with van der Waals surface area (Å²) in [4.78, 5) is 100. The van der Waals surface area contributed by atoms with Crippen LogP contribution in [-0.4, -0.2) is 133 Å². The van der Waals surface area contributed by atoms with E-state index in [4.69, 9.17) is 20.4 Å². The number of hydrogen-bond donors (Lipinski definition) is 5. The summed E-state index contributed by atoms with van der Waals surface area (Å²) in [5.41, 5.74) is 4.08. The van der Waals surface area contributed by atoms with Gasteiger partial charge in [0.05, 0.1) is 0 Å². The van der Waals surface area contributed by atoms with E-state index in [2.05, 4.69) is 47.1 Å². The van der Waals surface area contributed by atoms with Gasteiger partial charge >= 0.3 is 23.9 Å². The molecule has 0 radical (unpaired) electrons. The van der Waals surface area contributed by atoms with Gasteiger partial charge in [0.2, 0.25) is 17.7 Å². The molecule has 4 rings (SSSR count). The number of nitriles is 1. The van der Waals surface area contributed by atoms with Crippen LogP contribution in [0, 0.1) is 18.3 Å². The molecule has 0 saturated heterocycles. The Balaban J connectivity index is 1.37. The molecule has 0 unspecified atom stereocenters. The van der Waals surface area contributed by atoms with Crippen molar-refractivity contribution in [2.75, 3.05) is 45.8 Å². The van der Waals surface area contributed by atoms with E-state index < -0.39 is 86.8 Å². The number of fused-ring (bicyclic) bond motifs is 3. The first-order valence-corrected chi connectivity index (χ1v) is 19.6. The molecule has 18 nitrogen and oxygen atoms in total. The van der Waals surface area contributed by atoms with Gasteiger partial charge in [-0.05, 0) is 68.2 Å². The van der Waals surface area contributed by atoms with Crippen molar-refractivity contribution in [3.63, 3.8) is 0 Å². The van der Waals surface area contributed by atoms with E-state index in [0.29, 0.717) is 27.5 Å². The van der Waals surface area contributed by atoms with Gasteiger partial charge in [-0.1, -0.05) is 30.7 Å². The van der Waals surface area contributed by atoms with Crippen LogP contribution in [0.5, 0.6) is 0 Å². The number of amides is 4. The fourth-order valence-corrected chi connectivity index (χ4v) is 7.63. The van der Waals surface area contributed by atoms with E-state index in [1.165, 1.54) is 17.4 Å². The number of nitrogens with one attached hydrogen (secondary N) is 1. The first-order chi connectivity index (χ1) is 28.5. The molecule has 19 heteroatoms. The summed E-state index contributed by atoms with van der Waals surface area (Å²) in [6.07, 6.45) is 2.12. The number of carboxylic acids is 4. The monoisotopic (exact) mass is 844 g/mol. The van der Waals surface area contributed by atoms with Gasteiger partial charge in [-0.3, -0.25) is 38.4 Å². The van der Waals surface area contributed by atoms with Crippen molar-refractivity contribution in [3.05, 3.63) is 64.5 Å². The number of unbranched alkanes of at least 4 members (excludes halogenated alkanes) is 2. The summed E-state index contributed by atoms with van der Waals surface area (Å²) < 4.78 is 2.27. The zero-order valence-corrected chi connectivity index (χ0v) is 33.7. The molecule has 316 valence electrons. The Morgan fingerprint density at radius 2 is 1.27 bits per heavy atom. The predicted molar refractivity (Wildman–Crippen MR) is 219 cm³/mol. The maximum absolute atomic E-state index is 13.2. The fraction of sp³-hybridized carbons (Fsp3) is 0.341. The zero-order chi connectivity index (χ0) is 44.1. The summed E-state index contributed by atoms with van der Waals surface area (Å²) in [5.74, 6) is -9.88. The summed E-state index contributed by atoms with van der Waals surface area (Å²) in [7, 11) is 0. The Kier molecular flexibility index (Phi) is 16.0. The van der Waals surface area contributed by atoms with Crippen molar-refractivity contribution in [2.24, 2.45) is 0 Å². The maximum Gasteiger partial charge on any atom is 0.323 e. The molecule has 2 heterocycles. The molecule has 0 aliphatic heterocycles. The molecule has 2 aromatic carbocycles. The van der Waals surface area contributed by atoms with E-state index in [0.717, 1.165) is 49.2 Å². The molecule has 0 atom stereocenters. The second kappa shape index (κ2) is 21.1. The van der Waals surface area contributed by atoms with Gasteiger partial charge in [-0.2, -0.15) is 5.26 Å². The number of benzene rings is 2. The lowest BCUT2D eigenvalue weighted by Gasteiger charge is -2.28. The molecule has 60 heavy (non-hydrogen) atoms. The highest BCUT2D eigenvalue weighted by molar-refractivity contribution is 7.16. The van der Waals surface area contributed by atoms with Gasteiger partial charge in [-0.15, -0.1) is 11.3 Å². The number of rotatable bonds is 22. The second-order valence-corrected chi connectivity index (χ2v) is 14.8. The summed E-state index contributed by atoms with van der Waals surface area (Å²) in [5, 5.41) is 51.4. The van der Waals surface area contributed by atoms with Gasteiger partial charge in [-0.25, -0.2) is 0 Å². The van der Waals surface area contributed by atoms with Crippen molar-refractivity contribution in [2.45, 2.75) is 46.1 Å². The molecule has 0 fully saturated rings. The van der Waals surface area contributed by atoms with Gasteiger partial charge in [0.1, 0.15) is 50.9 Å². The Bertz CT molecular complexity index is 2310. The first-order valence-electron chi connectivity index (χ1n) is 18.7. The van der Waals surface area contributed by atoms with Crippen LogP contribution in [0.1, 0.15) is 43.0 Å². The topological polar surface area (TPSA) is 268 Å². The maximum atomic E-state index is 13.2. The van der Waals surface area contributed by atoms with Crippen LogP contribution in [0.15, 0.2) is 54.1 Å². The number of aliphatic carboxylic acids is 4. The van der Waals surface area contributed by atoms with Crippen molar-refractivity contribution >= 4 is 86.7 Å². The summed E-state index contributed by atoms with van der Waals surface area (Å²) >= 11 is 1.46. The Labute approximate surface area is 347 Å². The minimum atomic E-state index is -1.55. The number of hydrogen-bond acceptors (Lipinski definition) is 10. The smallest absolute Gasteiger partial charge is 0.323 e. The lowest BCUT2D eigenvalue weighted by atomic mass is 10.1. The van der Waals surface area contributed by atoms with Crippen LogP contribution in [0.3, 0.4) is 0 Å². The van der Waals surface area contributed by atoms with E-state index in [9.17, 15) is 43.6 Å². The Morgan fingerprint density at radius 1 is 0.717 bits per heavy atom. The molecule has 0 aliphatic rings. The molecule has 2 aromatic heterocycles. The first kappa shape index (κ1) is 45.6. The predicted octanol–water partition coefficient (Wildman–Crippen LogP) is 3.26. The van der Waals surface area contributed by atoms with Crippen molar-refractivity contribution < 1.29 is 58.8 Å². The van der Waals surface area contributed by atoms with Crippen molar-refractivity contribution in [1.82, 2.24) is 24.6 Å². The van der Waals surface area contributed by atoms with Crippen molar-refractivity contribution in [3.8, 4) is 16.5 Å². The summed E-state index contributed by atoms with van der Waals surface area (Å²) in [6.45, 7) is -1.07. The summed E-state index contributed by atoms with van der Waals surface area (Å²) in [6, 6.07) is 18.5. The number of aromatic nitrogens is 1. The highest BCUT2D eigenvalue weighted by Gasteiger charge is 2.28. The van der Waals surface area contributed by atoms with Gasteiger partial charge in [0.15, 0.2) is 0 Å². The van der Waals surface area contributed by atoms with E-state index >= 15 is 0 Å². The average molecular weight is 845 g/mol. The highest BCUT2D eigenvalue weighted by atomic mass is 32.1. The van der Waals surface area contributed by atoms with Gasteiger partial charge < -0.3 is 45.0 Å².